The molecule has 1 unspecified atom stereocenters. The average molecular weight is 173 g/mol. The molecular formula is C9H19NS. The molecule has 0 aliphatic heterocycles. The van der Waals surface area contributed by atoms with Crippen molar-refractivity contribution in [2.75, 3.05) is 12.3 Å². The number of rotatable bonds is 6. The van der Waals surface area contributed by atoms with Crippen LogP contribution in [0.25, 0.3) is 0 Å². The normalized spacial score (nSPS) is 13.0. The second-order valence-corrected chi connectivity index (χ2v) is 4.23. The van der Waals surface area contributed by atoms with E-state index in [9.17, 15) is 0 Å². The van der Waals surface area contributed by atoms with Gasteiger partial charge < -0.3 is 5.73 Å². The van der Waals surface area contributed by atoms with Crippen molar-refractivity contribution in [2.45, 2.75) is 31.9 Å². The summed E-state index contributed by atoms with van der Waals surface area (Å²) in [6.07, 6.45) is 2.21. The molecule has 0 saturated carbocycles. The van der Waals surface area contributed by atoms with Crippen molar-refractivity contribution < 1.29 is 0 Å². The van der Waals surface area contributed by atoms with Crippen molar-refractivity contribution in [1.29, 1.82) is 0 Å². The van der Waals surface area contributed by atoms with Crippen LogP contribution in [0.15, 0.2) is 12.2 Å². The topological polar surface area (TPSA) is 26.0 Å². The van der Waals surface area contributed by atoms with Crippen LogP contribution in [0.2, 0.25) is 0 Å². The smallest absolute Gasteiger partial charge is 0.0143 e. The zero-order chi connectivity index (χ0) is 8.69. The third-order valence-corrected chi connectivity index (χ3v) is 3.02. The largest absolute Gasteiger partial charge is 0.330 e. The molecule has 0 rings (SSSR count). The van der Waals surface area contributed by atoms with Gasteiger partial charge in [0, 0.05) is 11.0 Å². The molecule has 0 aromatic heterocycles. The van der Waals surface area contributed by atoms with Gasteiger partial charge in [-0.15, -0.1) is 0 Å². The summed E-state index contributed by atoms with van der Waals surface area (Å²) < 4.78 is 0. The van der Waals surface area contributed by atoms with Crippen molar-refractivity contribution in [3.63, 3.8) is 0 Å². The molecule has 0 amide bonds. The Morgan fingerprint density at radius 3 is 2.73 bits per heavy atom. The van der Waals surface area contributed by atoms with Gasteiger partial charge in [0.15, 0.2) is 0 Å². The second kappa shape index (κ2) is 6.74. The lowest BCUT2D eigenvalue weighted by Gasteiger charge is -2.09. The molecule has 0 saturated heterocycles. The number of nitrogens with two attached hydrogens (primary N) is 1. The van der Waals surface area contributed by atoms with Crippen LogP contribution in [-0.2, 0) is 0 Å². The summed E-state index contributed by atoms with van der Waals surface area (Å²) in [5, 5.41) is 0.684. The molecule has 0 fully saturated rings. The fourth-order valence-corrected chi connectivity index (χ4v) is 1.71. The van der Waals surface area contributed by atoms with Crippen molar-refractivity contribution in [3.05, 3.63) is 12.2 Å². The van der Waals surface area contributed by atoms with Crippen LogP contribution in [0, 0.1) is 0 Å². The van der Waals surface area contributed by atoms with E-state index in [4.69, 9.17) is 5.73 Å². The SMILES string of the molecule is C=C(CC)CSC(C)CCN. The van der Waals surface area contributed by atoms with Gasteiger partial charge in [-0.05, 0) is 19.4 Å². The van der Waals surface area contributed by atoms with Crippen LogP contribution in [0.5, 0.6) is 0 Å². The summed E-state index contributed by atoms with van der Waals surface area (Å²) in [5.74, 6) is 1.09. The fraction of sp³-hybridized carbons (Fsp3) is 0.778. The van der Waals surface area contributed by atoms with E-state index in [1.807, 2.05) is 11.8 Å². The summed E-state index contributed by atoms with van der Waals surface area (Å²) in [7, 11) is 0. The van der Waals surface area contributed by atoms with E-state index in [2.05, 4.69) is 20.4 Å². The lowest BCUT2D eigenvalue weighted by Crippen LogP contribution is -2.07. The maximum Gasteiger partial charge on any atom is 0.0143 e. The molecule has 0 aromatic carbocycles. The first-order valence-electron chi connectivity index (χ1n) is 4.19. The summed E-state index contributed by atoms with van der Waals surface area (Å²) in [5.41, 5.74) is 6.76. The maximum absolute atomic E-state index is 5.43. The van der Waals surface area contributed by atoms with E-state index < -0.39 is 0 Å². The third-order valence-electron chi connectivity index (χ3n) is 1.65. The van der Waals surface area contributed by atoms with Gasteiger partial charge in [0.2, 0.25) is 0 Å². The van der Waals surface area contributed by atoms with E-state index >= 15 is 0 Å². The molecule has 0 aliphatic rings. The van der Waals surface area contributed by atoms with E-state index in [1.165, 1.54) is 5.57 Å². The molecule has 66 valence electrons. The van der Waals surface area contributed by atoms with Gasteiger partial charge in [0.05, 0.1) is 0 Å². The standard InChI is InChI=1S/C9H19NS/c1-4-8(2)7-11-9(3)5-6-10/h9H,2,4-7,10H2,1,3H3. The molecule has 1 nitrogen and oxygen atoms in total. The zero-order valence-corrected chi connectivity index (χ0v) is 8.41. The highest BCUT2D eigenvalue weighted by Gasteiger charge is 2.00. The highest BCUT2D eigenvalue weighted by Crippen LogP contribution is 2.17. The number of thioether (sulfide) groups is 1. The van der Waals surface area contributed by atoms with Gasteiger partial charge in [0.1, 0.15) is 0 Å². The van der Waals surface area contributed by atoms with Crippen molar-refractivity contribution in [3.8, 4) is 0 Å². The van der Waals surface area contributed by atoms with Gasteiger partial charge in [0.25, 0.3) is 0 Å². The molecule has 0 aliphatic carbocycles. The van der Waals surface area contributed by atoms with Crippen LogP contribution >= 0.6 is 11.8 Å². The lowest BCUT2D eigenvalue weighted by atomic mass is 10.3. The van der Waals surface area contributed by atoms with Gasteiger partial charge in [-0.1, -0.05) is 26.0 Å². The Morgan fingerprint density at radius 1 is 1.64 bits per heavy atom. The van der Waals surface area contributed by atoms with E-state index in [-0.39, 0.29) is 0 Å². The molecule has 1 atom stereocenters. The minimum Gasteiger partial charge on any atom is -0.330 e. The predicted molar refractivity (Wildman–Crippen MR) is 55.0 cm³/mol. The summed E-state index contributed by atoms with van der Waals surface area (Å²) >= 11 is 1.95. The molecule has 2 N–H and O–H groups in total. The Morgan fingerprint density at radius 2 is 2.27 bits per heavy atom. The van der Waals surface area contributed by atoms with Crippen molar-refractivity contribution in [2.24, 2.45) is 5.73 Å². The Kier molecular flexibility index (Phi) is 6.77. The third kappa shape index (κ3) is 6.45. The van der Waals surface area contributed by atoms with Crippen LogP contribution < -0.4 is 5.73 Å². The summed E-state index contributed by atoms with van der Waals surface area (Å²) in [6, 6.07) is 0. The first-order chi connectivity index (χ1) is 5.20. The first kappa shape index (κ1) is 11.1. The van der Waals surface area contributed by atoms with Gasteiger partial charge in [-0.2, -0.15) is 11.8 Å². The van der Waals surface area contributed by atoms with Crippen LogP contribution in [0.1, 0.15) is 26.7 Å². The quantitative estimate of drug-likeness (QED) is 0.624. The Hall–Kier alpha value is 0.0500. The maximum atomic E-state index is 5.43. The molecule has 11 heavy (non-hydrogen) atoms. The van der Waals surface area contributed by atoms with Crippen LogP contribution in [0.3, 0.4) is 0 Å². The number of hydrogen-bond donors (Lipinski definition) is 1. The van der Waals surface area contributed by atoms with E-state index in [0.717, 1.165) is 25.1 Å². The van der Waals surface area contributed by atoms with Gasteiger partial charge in [-0.3, -0.25) is 0 Å². The Balaban J connectivity index is 3.29. The second-order valence-electron chi connectivity index (χ2n) is 2.80. The minimum absolute atomic E-state index is 0.684. The zero-order valence-electron chi connectivity index (χ0n) is 7.60. The molecule has 0 heterocycles. The predicted octanol–water partition coefficient (Wildman–Crippen LogP) is 2.42. The summed E-state index contributed by atoms with van der Waals surface area (Å²) in [6.45, 7) is 9.12. The molecular weight excluding hydrogens is 154 g/mol. The lowest BCUT2D eigenvalue weighted by molar-refractivity contribution is 0.823. The first-order valence-corrected chi connectivity index (χ1v) is 5.23. The molecule has 2 heteroatoms. The summed E-state index contributed by atoms with van der Waals surface area (Å²) in [4.78, 5) is 0. The van der Waals surface area contributed by atoms with E-state index in [0.29, 0.717) is 5.25 Å². The van der Waals surface area contributed by atoms with Crippen LogP contribution in [-0.4, -0.2) is 17.5 Å². The molecule has 0 radical (unpaired) electrons. The van der Waals surface area contributed by atoms with Crippen molar-refractivity contribution >= 4 is 11.8 Å². The van der Waals surface area contributed by atoms with Crippen molar-refractivity contribution in [1.82, 2.24) is 0 Å². The van der Waals surface area contributed by atoms with Gasteiger partial charge >= 0.3 is 0 Å². The van der Waals surface area contributed by atoms with Crippen LogP contribution in [0.4, 0.5) is 0 Å². The Bertz CT molecular complexity index is 112. The average Bonchev–Trinajstić information content (AvgIpc) is 2.01. The van der Waals surface area contributed by atoms with E-state index in [1.54, 1.807) is 0 Å². The van der Waals surface area contributed by atoms with Gasteiger partial charge in [-0.25, -0.2) is 0 Å². The highest BCUT2D eigenvalue weighted by atomic mass is 32.2. The molecule has 0 spiro atoms. The number of hydrogen-bond acceptors (Lipinski definition) is 2. The monoisotopic (exact) mass is 173 g/mol. The molecule has 0 aromatic rings. The Labute approximate surface area is 74.4 Å². The molecule has 0 bridgehead atoms. The fourth-order valence-electron chi connectivity index (χ4n) is 0.680. The highest BCUT2D eigenvalue weighted by molar-refractivity contribution is 8.00. The minimum atomic E-state index is 0.684.